The predicted molar refractivity (Wildman–Crippen MR) is 121 cm³/mol. The third-order valence-electron chi connectivity index (χ3n) is 6.76. The third kappa shape index (κ3) is 5.48. The van der Waals surface area contributed by atoms with E-state index in [-0.39, 0.29) is 42.1 Å². The molecule has 0 aromatic carbocycles. The van der Waals surface area contributed by atoms with E-state index in [1.807, 2.05) is 32.9 Å². The van der Waals surface area contributed by atoms with E-state index >= 15 is 0 Å². The van der Waals surface area contributed by atoms with Gasteiger partial charge >= 0.3 is 0 Å². The van der Waals surface area contributed by atoms with Crippen molar-refractivity contribution >= 4 is 17.7 Å². The molecule has 1 aliphatic carbocycles. The van der Waals surface area contributed by atoms with Crippen LogP contribution in [-0.2, 0) is 14.4 Å². The molecule has 0 saturated carbocycles. The topological polar surface area (TPSA) is 98.7 Å². The van der Waals surface area contributed by atoms with Crippen LogP contribution in [0.25, 0.3) is 0 Å². The minimum atomic E-state index is -0.698. The highest BCUT2D eigenvalue weighted by atomic mass is 16.3. The smallest absolute Gasteiger partial charge is 0.243 e. The monoisotopic (exact) mass is 435 g/mol. The number of hydrogen-bond donors (Lipinski definition) is 3. The quantitative estimate of drug-likeness (QED) is 0.342. The summed E-state index contributed by atoms with van der Waals surface area (Å²) in [7, 11) is 1.59. The lowest BCUT2D eigenvalue weighted by molar-refractivity contribution is -0.143. The van der Waals surface area contributed by atoms with Crippen molar-refractivity contribution in [3.63, 3.8) is 0 Å². The first kappa shape index (κ1) is 25.4. The first-order valence-corrected chi connectivity index (χ1v) is 11.9. The van der Waals surface area contributed by atoms with E-state index in [0.717, 1.165) is 25.7 Å². The van der Waals surface area contributed by atoms with Crippen molar-refractivity contribution in [2.24, 2.45) is 29.6 Å². The predicted octanol–water partition coefficient (Wildman–Crippen LogP) is 2.10. The first-order chi connectivity index (χ1) is 14.8. The fraction of sp³-hybridized carbons (Fsp3) is 0.792. The minimum Gasteiger partial charge on any atom is -0.394 e. The van der Waals surface area contributed by atoms with E-state index < -0.39 is 23.9 Å². The summed E-state index contributed by atoms with van der Waals surface area (Å²) in [5.74, 6) is -1.77. The fourth-order valence-corrected chi connectivity index (χ4v) is 5.26. The SMILES string of the molecule is CCCCCNC(=O)[C@@H]1[C@H]2C=C[C@@H](CC)[C@@H](C(=O)NC)[C@H]2C(=O)N1[C@@H](CO)CC(C)C. The number of fused-ring (bicyclic) bond motifs is 1. The van der Waals surface area contributed by atoms with Gasteiger partial charge in [-0.3, -0.25) is 14.4 Å². The molecule has 3 N–H and O–H groups in total. The van der Waals surface area contributed by atoms with Gasteiger partial charge in [-0.25, -0.2) is 0 Å². The van der Waals surface area contributed by atoms with Crippen LogP contribution in [0.3, 0.4) is 0 Å². The van der Waals surface area contributed by atoms with Crippen LogP contribution < -0.4 is 10.6 Å². The number of aliphatic hydroxyl groups excluding tert-OH is 1. The number of allylic oxidation sites excluding steroid dienone is 1. The van der Waals surface area contributed by atoms with Gasteiger partial charge in [-0.05, 0) is 31.1 Å². The molecule has 31 heavy (non-hydrogen) atoms. The van der Waals surface area contributed by atoms with Crippen molar-refractivity contribution in [3.05, 3.63) is 12.2 Å². The number of rotatable bonds is 11. The second-order valence-corrected chi connectivity index (χ2v) is 9.35. The lowest BCUT2D eigenvalue weighted by Gasteiger charge is -2.34. The number of likely N-dealkylation sites (tertiary alicyclic amines) is 1. The molecule has 0 unspecified atom stereocenters. The van der Waals surface area contributed by atoms with Gasteiger partial charge in [0.05, 0.1) is 24.5 Å². The van der Waals surface area contributed by atoms with Crippen LogP contribution in [0.1, 0.15) is 59.8 Å². The molecule has 1 saturated heterocycles. The molecule has 3 amide bonds. The van der Waals surface area contributed by atoms with E-state index in [9.17, 15) is 19.5 Å². The van der Waals surface area contributed by atoms with E-state index in [2.05, 4.69) is 17.6 Å². The molecular formula is C24H41N3O4. The van der Waals surface area contributed by atoms with Crippen molar-refractivity contribution in [2.45, 2.75) is 71.9 Å². The summed E-state index contributed by atoms with van der Waals surface area (Å²) < 4.78 is 0. The van der Waals surface area contributed by atoms with Crippen molar-refractivity contribution in [3.8, 4) is 0 Å². The van der Waals surface area contributed by atoms with Gasteiger partial charge in [0.25, 0.3) is 0 Å². The number of carbonyl (C=O) groups is 3. The van der Waals surface area contributed by atoms with Gasteiger partial charge in [-0.1, -0.05) is 52.7 Å². The molecule has 2 aliphatic rings. The molecule has 1 heterocycles. The van der Waals surface area contributed by atoms with Crippen LogP contribution in [0.4, 0.5) is 0 Å². The Balaban J connectivity index is 2.43. The van der Waals surface area contributed by atoms with Crippen molar-refractivity contribution in [2.75, 3.05) is 20.2 Å². The molecule has 0 bridgehead atoms. The Bertz CT molecular complexity index is 663. The van der Waals surface area contributed by atoms with Crippen LogP contribution in [0, 0.1) is 29.6 Å². The second-order valence-electron chi connectivity index (χ2n) is 9.35. The Labute approximate surface area is 187 Å². The molecular weight excluding hydrogens is 394 g/mol. The molecule has 0 aromatic heterocycles. The largest absolute Gasteiger partial charge is 0.394 e. The Kier molecular flexibility index (Phi) is 9.54. The second kappa shape index (κ2) is 11.7. The average molecular weight is 436 g/mol. The summed E-state index contributed by atoms with van der Waals surface area (Å²) in [5.41, 5.74) is 0. The maximum absolute atomic E-state index is 13.7. The molecule has 7 heteroatoms. The van der Waals surface area contributed by atoms with Gasteiger partial charge in [0.15, 0.2) is 0 Å². The maximum Gasteiger partial charge on any atom is 0.243 e. The molecule has 0 spiro atoms. The molecule has 0 aromatic rings. The molecule has 2 rings (SSSR count). The Morgan fingerprint density at radius 1 is 1.16 bits per heavy atom. The highest BCUT2D eigenvalue weighted by Gasteiger charge is 2.58. The van der Waals surface area contributed by atoms with Gasteiger partial charge in [0, 0.05) is 19.5 Å². The van der Waals surface area contributed by atoms with Gasteiger partial charge < -0.3 is 20.6 Å². The molecule has 1 aliphatic heterocycles. The van der Waals surface area contributed by atoms with Crippen LogP contribution >= 0.6 is 0 Å². The zero-order valence-corrected chi connectivity index (χ0v) is 19.8. The Morgan fingerprint density at radius 2 is 1.87 bits per heavy atom. The van der Waals surface area contributed by atoms with Crippen LogP contribution in [-0.4, -0.2) is 60.0 Å². The summed E-state index contributed by atoms with van der Waals surface area (Å²) in [6, 6.07) is -1.14. The Morgan fingerprint density at radius 3 is 2.42 bits per heavy atom. The molecule has 176 valence electrons. The van der Waals surface area contributed by atoms with Gasteiger partial charge in [0.2, 0.25) is 17.7 Å². The summed E-state index contributed by atoms with van der Waals surface area (Å²) in [6.45, 7) is 8.56. The lowest BCUT2D eigenvalue weighted by Crippen LogP contribution is -2.52. The normalized spacial score (nSPS) is 28.5. The summed E-state index contributed by atoms with van der Waals surface area (Å²) in [4.78, 5) is 41.4. The summed E-state index contributed by atoms with van der Waals surface area (Å²) in [5, 5.41) is 15.9. The first-order valence-electron chi connectivity index (χ1n) is 11.9. The van der Waals surface area contributed by atoms with Crippen molar-refractivity contribution in [1.82, 2.24) is 15.5 Å². The third-order valence-corrected chi connectivity index (χ3v) is 6.76. The zero-order valence-electron chi connectivity index (χ0n) is 19.8. The molecule has 1 fully saturated rings. The summed E-state index contributed by atoms with van der Waals surface area (Å²) >= 11 is 0. The van der Waals surface area contributed by atoms with Gasteiger partial charge in [-0.2, -0.15) is 0 Å². The van der Waals surface area contributed by atoms with Crippen LogP contribution in [0.5, 0.6) is 0 Å². The number of amides is 3. The number of hydrogen-bond acceptors (Lipinski definition) is 4. The van der Waals surface area contributed by atoms with Crippen LogP contribution in [0.2, 0.25) is 0 Å². The minimum absolute atomic E-state index is 0.0453. The number of unbranched alkanes of at least 4 members (excludes halogenated alkanes) is 2. The Hall–Kier alpha value is -1.89. The van der Waals surface area contributed by atoms with Crippen LogP contribution in [0.15, 0.2) is 12.2 Å². The van der Waals surface area contributed by atoms with E-state index in [0.29, 0.717) is 13.0 Å². The van der Waals surface area contributed by atoms with Gasteiger partial charge in [0.1, 0.15) is 6.04 Å². The highest BCUT2D eigenvalue weighted by Crippen LogP contribution is 2.46. The fourth-order valence-electron chi connectivity index (χ4n) is 5.26. The van der Waals surface area contributed by atoms with Crippen molar-refractivity contribution < 1.29 is 19.5 Å². The molecule has 6 atom stereocenters. The highest BCUT2D eigenvalue weighted by molar-refractivity contribution is 5.97. The maximum atomic E-state index is 13.7. The number of carbonyl (C=O) groups excluding carboxylic acids is 3. The lowest BCUT2D eigenvalue weighted by atomic mass is 9.69. The number of nitrogens with one attached hydrogen (secondary N) is 2. The van der Waals surface area contributed by atoms with Crippen molar-refractivity contribution in [1.29, 1.82) is 0 Å². The van der Waals surface area contributed by atoms with E-state index in [4.69, 9.17) is 0 Å². The standard InChI is InChI=1S/C24H41N3O4/c1-6-8-9-12-26-23(30)21-18-11-10-16(7-2)19(22(29)25-5)20(18)24(31)27(21)17(14-28)13-15(3)4/h10-11,15-21,28H,6-9,12-14H2,1-5H3,(H,25,29)(H,26,30)/t16-,17-,18+,19-,20+,21+/m1/s1. The van der Waals surface area contributed by atoms with Gasteiger partial charge in [-0.15, -0.1) is 0 Å². The molecule has 0 radical (unpaired) electrons. The van der Waals surface area contributed by atoms with E-state index in [1.54, 1.807) is 11.9 Å². The number of nitrogens with zero attached hydrogens (tertiary/aromatic N) is 1. The zero-order chi connectivity index (χ0) is 23.1. The number of aliphatic hydroxyl groups is 1. The molecule has 7 nitrogen and oxygen atoms in total. The average Bonchev–Trinajstić information content (AvgIpc) is 3.05. The summed E-state index contributed by atoms with van der Waals surface area (Å²) in [6.07, 6.45) is 8.30. The van der Waals surface area contributed by atoms with E-state index in [1.165, 1.54) is 0 Å².